The van der Waals surface area contributed by atoms with Crippen molar-refractivity contribution in [3.05, 3.63) is 65.5 Å². The van der Waals surface area contributed by atoms with Gasteiger partial charge < -0.3 is 9.84 Å². The van der Waals surface area contributed by atoms with Crippen molar-refractivity contribution in [1.29, 1.82) is 0 Å². The number of carbonyl (C=O) groups is 1. The highest BCUT2D eigenvalue weighted by Crippen LogP contribution is 2.19. The predicted molar refractivity (Wildman–Crippen MR) is 80.1 cm³/mol. The van der Waals surface area contributed by atoms with Crippen LogP contribution in [0.15, 0.2) is 48.7 Å². The summed E-state index contributed by atoms with van der Waals surface area (Å²) >= 11 is 0. The van der Waals surface area contributed by atoms with Gasteiger partial charge in [0, 0.05) is 23.4 Å². The number of hydrogen-bond acceptors (Lipinski definition) is 5. The summed E-state index contributed by atoms with van der Waals surface area (Å²) in [7, 11) is 0. The minimum absolute atomic E-state index is 0.0758. The molecule has 0 spiro atoms. The lowest BCUT2D eigenvalue weighted by atomic mass is 10.2. The molecule has 0 aliphatic rings. The van der Waals surface area contributed by atoms with Gasteiger partial charge >= 0.3 is 5.97 Å². The number of pyridine rings is 1. The van der Waals surface area contributed by atoms with Crippen LogP contribution in [0.25, 0.3) is 0 Å². The van der Waals surface area contributed by atoms with Crippen molar-refractivity contribution in [3.8, 4) is 23.6 Å². The fourth-order valence-electron chi connectivity index (χ4n) is 1.71. The smallest absolute Gasteiger partial charge is 0.362 e. The number of aromatic carboxylic acids is 1. The van der Waals surface area contributed by atoms with E-state index in [1.54, 1.807) is 12.1 Å². The zero-order valence-corrected chi connectivity index (χ0v) is 11.7. The van der Waals surface area contributed by atoms with E-state index in [0.717, 1.165) is 5.56 Å². The van der Waals surface area contributed by atoms with Crippen LogP contribution in [0.2, 0.25) is 0 Å². The summed E-state index contributed by atoms with van der Waals surface area (Å²) in [5, 5.41) is 18.1. The Morgan fingerprint density at radius 2 is 1.87 bits per heavy atom. The second kappa shape index (κ2) is 6.41. The van der Waals surface area contributed by atoms with Gasteiger partial charge in [-0.3, -0.25) is 0 Å². The average Bonchev–Trinajstić information content (AvgIpc) is 3.04. The number of aromatic amines is 1. The Labute approximate surface area is 131 Å². The number of benzene rings is 1. The van der Waals surface area contributed by atoms with E-state index in [1.165, 1.54) is 6.20 Å². The van der Waals surface area contributed by atoms with Crippen LogP contribution >= 0.6 is 0 Å². The van der Waals surface area contributed by atoms with Crippen LogP contribution in [0.5, 0.6) is 11.8 Å². The maximum absolute atomic E-state index is 10.9. The van der Waals surface area contributed by atoms with Crippen molar-refractivity contribution in [2.24, 2.45) is 0 Å². The van der Waals surface area contributed by atoms with Crippen LogP contribution in [0.1, 0.15) is 21.6 Å². The van der Waals surface area contributed by atoms with Crippen molar-refractivity contribution in [3.63, 3.8) is 0 Å². The number of nitrogens with one attached hydrogen (secondary N) is 1. The fourth-order valence-corrected chi connectivity index (χ4v) is 1.71. The summed E-state index contributed by atoms with van der Waals surface area (Å²) in [6.45, 7) is 0. The third kappa shape index (κ3) is 3.51. The Morgan fingerprint density at radius 1 is 1.09 bits per heavy atom. The molecule has 3 rings (SSSR count). The molecule has 23 heavy (non-hydrogen) atoms. The number of rotatable bonds is 3. The normalized spacial score (nSPS) is 9.74. The Morgan fingerprint density at radius 3 is 2.57 bits per heavy atom. The predicted octanol–water partition coefficient (Wildman–Crippen LogP) is 2.09. The number of nitrogens with zero attached hydrogens (tertiary/aromatic N) is 3. The fraction of sp³-hybridized carbons (Fsp3) is 0. The highest BCUT2D eigenvalue weighted by molar-refractivity contribution is 5.87. The van der Waals surface area contributed by atoms with Crippen LogP contribution in [-0.2, 0) is 0 Å². The van der Waals surface area contributed by atoms with Gasteiger partial charge in [-0.2, -0.15) is 0 Å². The van der Waals surface area contributed by atoms with Gasteiger partial charge in [0.2, 0.25) is 11.6 Å². The van der Waals surface area contributed by atoms with E-state index in [0.29, 0.717) is 5.56 Å². The second-order valence-corrected chi connectivity index (χ2v) is 4.40. The lowest BCUT2D eigenvalue weighted by molar-refractivity contribution is 0.0687. The molecule has 2 heterocycles. The minimum Gasteiger partial charge on any atom is -0.476 e. The molecule has 0 aliphatic heterocycles. The molecule has 7 heteroatoms. The molecule has 0 unspecified atom stereocenters. The van der Waals surface area contributed by atoms with Crippen LogP contribution in [0, 0.1) is 11.8 Å². The highest BCUT2D eigenvalue weighted by Gasteiger charge is 2.17. The number of H-pyrrole nitrogens is 1. The van der Waals surface area contributed by atoms with Crippen molar-refractivity contribution in [2.45, 2.75) is 0 Å². The Balaban J connectivity index is 1.74. The number of ether oxygens (including phenoxy) is 1. The largest absolute Gasteiger partial charge is 0.476 e. The maximum atomic E-state index is 10.9. The minimum atomic E-state index is -1.24. The van der Waals surface area contributed by atoms with E-state index < -0.39 is 5.97 Å². The molecule has 0 amide bonds. The van der Waals surface area contributed by atoms with E-state index in [-0.39, 0.29) is 17.5 Å². The first-order valence-electron chi connectivity index (χ1n) is 6.58. The standard InChI is InChI=1S/C16H10N4O3/c21-16(22)14-15(19-20-18-14)23-13-9-8-12(10-17-13)7-6-11-4-2-1-3-5-11/h1-5,8-10H,(H,21,22)(H,18,19,20). The molecule has 7 nitrogen and oxygen atoms in total. The van der Waals surface area contributed by atoms with Gasteiger partial charge in [-0.25, -0.2) is 14.9 Å². The summed E-state index contributed by atoms with van der Waals surface area (Å²) < 4.78 is 5.31. The summed E-state index contributed by atoms with van der Waals surface area (Å²) in [6, 6.07) is 12.9. The third-order valence-corrected chi connectivity index (χ3v) is 2.79. The van der Waals surface area contributed by atoms with Crippen LogP contribution < -0.4 is 4.74 Å². The first-order valence-corrected chi connectivity index (χ1v) is 6.58. The Hall–Kier alpha value is -3.66. The van der Waals surface area contributed by atoms with Crippen LogP contribution in [0.3, 0.4) is 0 Å². The Bertz CT molecular complexity index is 877. The lowest BCUT2D eigenvalue weighted by Gasteiger charge is -2.01. The molecule has 0 saturated carbocycles. The Kier molecular flexibility index (Phi) is 3.98. The molecule has 0 atom stereocenters. The molecular weight excluding hydrogens is 296 g/mol. The zero-order chi connectivity index (χ0) is 16.1. The third-order valence-electron chi connectivity index (χ3n) is 2.79. The van der Waals surface area contributed by atoms with Crippen LogP contribution in [-0.4, -0.2) is 31.5 Å². The van der Waals surface area contributed by atoms with Crippen LogP contribution in [0.4, 0.5) is 0 Å². The summed E-state index contributed by atoms with van der Waals surface area (Å²) in [5.41, 5.74) is 1.31. The molecule has 2 N–H and O–H groups in total. The molecule has 0 radical (unpaired) electrons. The molecule has 0 aliphatic carbocycles. The molecule has 3 aromatic rings. The molecule has 112 valence electrons. The first-order chi connectivity index (χ1) is 11.2. The first kappa shape index (κ1) is 14.3. The number of carboxylic acid groups (broad SMARTS) is 1. The molecular formula is C16H10N4O3. The van der Waals surface area contributed by atoms with Gasteiger partial charge in [0.15, 0.2) is 0 Å². The SMILES string of the molecule is O=C(O)c1nn[nH]c1Oc1ccc(C#Cc2ccccc2)cn1. The monoisotopic (exact) mass is 306 g/mol. The van der Waals surface area contributed by atoms with Crippen molar-refractivity contribution in [2.75, 3.05) is 0 Å². The summed E-state index contributed by atoms with van der Waals surface area (Å²) in [6.07, 6.45) is 1.54. The number of carboxylic acids is 1. The maximum Gasteiger partial charge on any atom is 0.362 e. The van der Waals surface area contributed by atoms with E-state index in [1.807, 2.05) is 30.3 Å². The van der Waals surface area contributed by atoms with Crippen molar-refractivity contribution in [1.82, 2.24) is 20.4 Å². The summed E-state index contributed by atoms with van der Waals surface area (Å²) in [5.74, 6) is 4.90. The number of hydrogen-bond donors (Lipinski definition) is 2. The van der Waals surface area contributed by atoms with E-state index in [4.69, 9.17) is 9.84 Å². The van der Waals surface area contributed by atoms with E-state index in [2.05, 4.69) is 32.2 Å². The molecule has 0 fully saturated rings. The quantitative estimate of drug-likeness (QED) is 0.719. The number of aromatic nitrogens is 4. The van der Waals surface area contributed by atoms with Gasteiger partial charge in [-0.1, -0.05) is 35.3 Å². The highest BCUT2D eigenvalue weighted by atomic mass is 16.5. The molecule has 1 aromatic carbocycles. The zero-order valence-electron chi connectivity index (χ0n) is 11.7. The van der Waals surface area contributed by atoms with E-state index >= 15 is 0 Å². The van der Waals surface area contributed by atoms with E-state index in [9.17, 15) is 4.79 Å². The topological polar surface area (TPSA) is 101 Å². The lowest BCUT2D eigenvalue weighted by Crippen LogP contribution is -2.00. The summed E-state index contributed by atoms with van der Waals surface area (Å²) in [4.78, 5) is 15.0. The molecule has 2 aromatic heterocycles. The van der Waals surface area contributed by atoms with Gasteiger partial charge in [-0.15, -0.1) is 5.10 Å². The van der Waals surface area contributed by atoms with Gasteiger partial charge in [0.1, 0.15) is 0 Å². The van der Waals surface area contributed by atoms with Crippen molar-refractivity contribution >= 4 is 5.97 Å². The van der Waals surface area contributed by atoms with Gasteiger partial charge in [0.05, 0.1) is 0 Å². The van der Waals surface area contributed by atoms with Gasteiger partial charge in [-0.05, 0) is 18.2 Å². The van der Waals surface area contributed by atoms with Gasteiger partial charge in [0.25, 0.3) is 5.88 Å². The molecule has 0 saturated heterocycles. The average molecular weight is 306 g/mol. The van der Waals surface area contributed by atoms with Crippen molar-refractivity contribution < 1.29 is 14.6 Å². The molecule has 0 bridgehead atoms. The second-order valence-electron chi connectivity index (χ2n) is 4.40.